The summed E-state index contributed by atoms with van der Waals surface area (Å²) in [5.74, 6) is -0.162. The molecule has 0 aromatic heterocycles. The van der Waals surface area contributed by atoms with Crippen molar-refractivity contribution in [3.8, 4) is 0 Å². The number of hydrogen-bond acceptors (Lipinski definition) is 3. The number of rotatable bonds is 2. The minimum absolute atomic E-state index is 0.135. The van der Waals surface area contributed by atoms with E-state index in [-0.39, 0.29) is 18.2 Å². The van der Waals surface area contributed by atoms with Crippen molar-refractivity contribution in [1.29, 1.82) is 0 Å². The molecule has 0 radical (unpaired) electrons. The first kappa shape index (κ1) is 9.52. The summed E-state index contributed by atoms with van der Waals surface area (Å²) in [6, 6.07) is 0. The van der Waals surface area contributed by atoms with Crippen molar-refractivity contribution in [3.05, 3.63) is 0 Å². The van der Waals surface area contributed by atoms with Crippen LogP contribution in [-0.2, 0) is 14.3 Å². The fourth-order valence-electron chi connectivity index (χ4n) is 0.779. The molecule has 0 N–H and O–H groups in total. The summed E-state index contributed by atoms with van der Waals surface area (Å²) in [7, 11) is 0. The third-order valence-corrected chi connectivity index (χ3v) is 1.83. The van der Waals surface area contributed by atoms with Crippen LogP contribution in [0.1, 0.15) is 27.7 Å². The van der Waals surface area contributed by atoms with E-state index in [0.29, 0.717) is 6.61 Å². The van der Waals surface area contributed by atoms with Gasteiger partial charge < -0.3 is 9.47 Å². The van der Waals surface area contributed by atoms with Gasteiger partial charge in [0.25, 0.3) is 0 Å². The molecule has 0 saturated carbocycles. The van der Waals surface area contributed by atoms with Crippen LogP contribution in [-0.4, -0.2) is 24.8 Å². The van der Waals surface area contributed by atoms with Gasteiger partial charge in [0.15, 0.2) is 0 Å². The molecule has 1 saturated heterocycles. The Kier molecular flexibility index (Phi) is 2.42. The molecule has 3 heteroatoms. The highest BCUT2D eigenvalue weighted by atomic mass is 16.6. The van der Waals surface area contributed by atoms with E-state index in [0.717, 1.165) is 0 Å². The summed E-state index contributed by atoms with van der Waals surface area (Å²) in [6.45, 7) is 7.89. The zero-order valence-electron chi connectivity index (χ0n) is 8.09. The second-order valence-electron chi connectivity index (χ2n) is 4.23. The molecular formula is C9H16O3. The Bertz CT molecular complexity index is 181. The molecule has 0 spiro atoms. The number of esters is 1. The molecule has 70 valence electrons. The number of carbonyl (C=O) groups excluding carboxylic acids is 1. The Morgan fingerprint density at radius 2 is 2.00 bits per heavy atom. The Labute approximate surface area is 73.0 Å². The van der Waals surface area contributed by atoms with E-state index in [4.69, 9.17) is 9.47 Å². The van der Waals surface area contributed by atoms with E-state index in [9.17, 15) is 4.79 Å². The molecule has 12 heavy (non-hydrogen) atoms. The van der Waals surface area contributed by atoms with Crippen LogP contribution in [0.15, 0.2) is 0 Å². The predicted molar refractivity (Wildman–Crippen MR) is 44.7 cm³/mol. The largest absolute Gasteiger partial charge is 0.462 e. The molecule has 0 amide bonds. The maximum atomic E-state index is 11.2. The summed E-state index contributed by atoms with van der Waals surface area (Å²) in [6.07, 6.45) is 0.397. The van der Waals surface area contributed by atoms with Crippen molar-refractivity contribution in [2.24, 2.45) is 5.41 Å². The van der Waals surface area contributed by atoms with Crippen LogP contribution in [0.5, 0.6) is 0 Å². The second-order valence-corrected chi connectivity index (χ2v) is 4.23. The highest BCUT2D eigenvalue weighted by Gasteiger charge is 2.36. The van der Waals surface area contributed by atoms with Crippen LogP contribution in [0.25, 0.3) is 0 Å². The van der Waals surface area contributed by atoms with Crippen LogP contribution < -0.4 is 0 Å². The van der Waals surface area contributed by atoms with Gasteiger partial charge >= 0.3 is 5.97 Å². The summed E-state index contributed by atoms with van der Waals surface area (Å²) in [5, 5.41) is 0. The smallest absolute Gasteiger partial charge is 0.311 e. The van der Waals surface area contributed by atoms with Gasteiger partial charge in [-0.15, -0.1) is 0 Å². The van der Waals surface area contributed by atoms with Crippen LogP contribution in [0.2, 0.25) is 0 Å². The van der Waals surface area contributed by atoms with E-state index < -0.39 is 5.41 Å². The van der Waals surface area contributed by atoms with Crippen LogP contribution in [0.3, 0.4) is 0 Å². The SMILES string of the molecule is CC1OC1COC(=O)C(C)(C)C. The van der Waals surface area contributed by atoms with Crippen molar-refractivity contribution >= 4 is 5.97 Å². The summed E-state index contributed by atoms with van der Waals surface area (Å²) in [4.78, 5) is 11.2. The Hall–Kier alpha value is -0.570. The first-order chi connectivity index (χ1) is 5.41. The molecule has 1 fully saturated rings. The second kappa shape index (κ2) is 3.05. The molecule has 0 aromatic carbocycles. The summed E-state index contributed by atoms with van der Waals surface area (Å²) in [5.41, 5.74) is -0.405. The maximum Gasteiger partial charge on any atom is 0.311 e. The highest BCUT2D eigenvalue weighted by Crippen LogP contribution is 2.22. The van der Waals surface area contributed by atoms with Gasteiger partial charge in [-0.05, 0) is 27.7 Å². The number of ether oxygens (including phenoxy) is 2. The minimum Gasteiger partial charge on any atom is -0.462 e. The van der Waals surface area contributed by atoms with E-state index in [1.54, 1.807) is 0 Å². The third-order valence-electron chi connectivity index (χ3n) is 1.83. The molecule has 1 rings (SSSR count). The van der Waals surface area contributed by atoms with Crippen molar-refractivity contribution in [1.82, 2.24) is 0 Å². The minimum atomic E-state index is -0.405. The molecule has 1 aliphatic rings. The molecule has 2 atom stereocenters. The number of epoxide rings is 1. The predicted octanol–water partition coefficient (Wildman–Crippen LogP) is 1.36. The molecule has 1 aliphatic heterocycles. The van der Waals surface area contributed by atoms with Crippen LogP contribution in [0, 0.1) is 5.41 Å². The number of carbonyl (C=O) groups is 1. The highest BCUT2D eigenvalue weighted by molar-refractivity contribution is 5.75. The summed E-state index contributed by atoms with van der Waals surface area (Å²) >= 11 is 0. The van der Waals surface area contributed by atoms with Gasteiger partial charge in [-0.1, -0.05) is 0 Å². The van der Waals surface area contributed by atoms with Crippen LogP contribution >= 0.6 is 0 Å². The standard InChI is InChI=1S/C9H16O3/c1-6-7(12-6)5-11-8(10)9(2,3)4/h6-7H,5H2,1-4H3. The molecule has 1 heterocycles. The first-order valence-electron chi connectivity index (χ1n) is 4.24. The lowest BCUT2D eigenvalue weighted by molar-refractivity contribution is -0.153. The number of hydrogen-bond donors (Lipinski definition) is 0. The molecule has 0 bridgehead atoms. The van der Waals surface area contributed by atoms with Crippen molar-refractivity contribution in [3.63, 3.8) is 0 Å². The Morgan fingerprint density at radius 3 is 2.33 bits per heavy atom. The Balaban J connectivity index is 2.19. The van der Waals surface area contributed by atoms with E-state index >= 15 is 0 Å². The normalized spacial score (nSPS) is 28.3. The zero-order chi connectivity index (χ0) is 9.35. The lowest BCUT2D eigenvalue weighted by Gasteiger charge is -2.15. The van der Waals surface area contributed by atoms with Crippen molar-refractivity contribution in [2.45, 2.75) is 39.9 Å². The third kappa shape index (κ3) is 2.48. The fraction of sp³-hybridized carbons (Fsp3) is 0.889. The van der Waals surface area contributed by atoms with Gasteiger partial charge in [0.05, 0.1) is 11.5 Å². The molecular weight excluding hydrogens is 156 g/mol. The monoisotopic (exact) mass is 172 g/mol. The quantitative estimate of drug-likeness (QED) is 0.466. The molecule has 2 unspecified atom stereocenters. The van der Waals surface area contributed by atoms with E-state index in [1.807, 2.05) is 27.7 Å². The average molecular weight is 172 g/mol. The average Bonchev–Trinajstić information content (AvgIpc) is 2.59. The fourth-order valence-corrected chi connectivity index (χ4v) is 0.779. The molecule has 3 nitrogen and oxygen atoms in total. The van der Waals surface area contributed by atoms with E-state index in [2.05, 4.69) is 0 Å². The van der Waals surface area contributed by atoms with Gasteiger partial charge in [0, 0.05) is 0 Å². The zero-order valence-corrected chi connectivity index (χ0v) is 8.09. The van der Waals surface area contributed by atoms with Gasteiger partial charge in [0.2, 0.25) is 0 Å². The van der Waals surface area contributed by atoms with Crippen LogP contribution in [0.4, 0.5) is 0 Å². The van der Waals surface area contributed by atoms with Gasteiger partial charge in [-0.2, -0.15) is 0 Å². The lowest BCUT2D eigenvalue weighted by atomic mass is 9.97. The summed E-state index contributed by atoms with van der Waals surface area (Å²) < 4.78 is 10.1. The van der Waals surface area contributed by atoms with Crippen molar-refractivity contribution < 1.29 is 14.3 Å². The van der Waals surface area contributed by atoms with E-state index in [1.165, 1.54) is 0 Å². The maximum absolute atomic E-state index is 11.2. The van der Waals surface area contributed by atoms with Gasteiger partial charge in [-0.3, -0.25) is 4.79 Å². The topological polar surface area (TPSA) is 38.8 Å². The molecule has 0 aliphatic carbocycles. The molecule has 0 aromatic rings. The van der Waals surface area contributed by atoms with Crippen molar-refractivity contribution in [2.75, 3.05) is 6.61 Å². The lowest BCUT2D eigenvalue weighted by Crippen LogP contribution is -2.24. The van der Waals surface area contributed by atoms with Gasteiger partial charge in [-0.25, -0.2) is 0 Å². The first-order valence-corrected chi connectivity index (χ1v) is 4.24. The Morgan fingerprint density at radius 1 is 1.50 bits per heavy atom. The van der Waals surface area contributed by atoms with Gasteiger partial charge in [0.1, 0.15) is 12.7 Å².